The third kappa shape index (κ3) is 1.82. The maximum atomic E-state index is 12.0. The molecule has 1 N–H and O–H groups in total. The Balaban J connectivity index is 1.59. The van der Waals surface area contributed by atoms with Gasteiger partial charge in [0, 0.05) is 5.92 Å². The summed E-state index contributed by atoms with van der Waals surface area (Å²) in [5.74, 6) is 3.15. The van der Waals surface area contributed by atoms with E-state index in [4.69, 9.17) is 9.84 Å². The Hall–Kier alpha value is -1.06. The molecule has 4 fully saturated rings. The van der Waals surface area contributed by atoms with Crippen molar-refractivity contribution < 1.29 is 19.4 Å². The van der Waals surface area contributed by atoms with Crippen LogP contribution in [0.3, 0.4) is 0 Å². The molecule has 4 saturated carbocycles. The number of carboxylic acid groups (broad SMARTS) is 1. The molecule has 0 amide bonds. The molecule has 7 atom stereocenters. The first-order chi connectivity index (χ1) is 10.4. The lowest BCUT2D eigenvalue weighted by Crippen LogP contribution is -2.51. The Labute approximate surface area is 131 Å². The van der Waals surface area contributed by atoms with Crippen molar-refractivity contribution >= 4 is 11.9 Å². The topological polar surface area (TPSA) is 63.6 Å². The van der Waals surface area contributed by atoms with Gasteiger partial charge in [0.25, 0.3) is 0 Å². The zero-order valence-electron chi connectivity index (χ0n) is 13.5. The summed E-state index contributed by atoms with van der Waals surface area (Å²) in [6.07, 6.45) is 5.80. The molecule has 122 valence electrons. The van der Waals surface area contributed by atoms with E-state index in [2.05, 4.69) is 13.8 Å². The lowest BCUT2D eigenvalue weighted by atomic mass is 9.63. The molecule has 0 heterocycles. The molecule has 4 aliphatic carbocycles. The largest absolute Gasteiger partial charge is 0.481 e. The molecular formula is C18H26O4. The minimum absolute atomic E-state index is 0.264. The molecule has 4 bridgehead atoms. The molecular weight excluding hydrogens is 280 g/mol. The van der Waals surface area contributed by atoms with E-state index in [1.54, 1.807) is 0 Å². The van der Waals surface area contributed by atoms with Gasteiger partial charge >= 0.3 is 11.9 Å². The molecule has 0 aromatic carbocycles. The van der Waals surface area contributed by atoms with Gasteiger partial charge in [-0.15, -0.1) is 0 Å². The molecule has 0 radical (unpaired) electrons. The second-order valence-corrected chi connectivity index (χ2v) is 8.45. The SMILES string of the molecule is CC(C)C1(OC(=O)CC(=O)O)CC2CC1C1C3CCC(C3)C21. The zero-order valence-corrected chi connectivity index (χ0v) is 13.5. The number of esters is 1. The second-order valence-electron chi connectivity index (χ2n) is 8.45. The predicted octanol–water partition coefficient (Wildman–Crippen LogP) is 3.10. The Kier molecular flexibility index (Phi) is 3.11. The van der Waals surface area contributed by atoms with Crippen LogP contribution < -0.4 is 0 Å². The number of carboxylic acids is 1. The van der Waals surface area contributed by atoms with E-state index in [0.717, 1.165) is 30.1 Å². The Morgan fingerprint density at radius 1 is 1.14 bits per heavy atom. The molecule has 0 aromatic heterocycles. The number of fused-ring (bicyclic) bond motifs is 9. The first kappa shape index (κ1) is 14.5. The first-order valence-electron chi connectivity index (χ1n) is 8.86. The molecule has 7 unspecified atom stereocenters. The van der Waals surface area contributed by atoms with Gasteiger partial charge in [0.05, 0.1) is 0 Å². The molecule has 0 saturated heterocycles. The van der Waals surface area contributed by atoms with Crippen LogP contribution in [0.25, 0.3) is 0 Å². The van der Waals surface area contributed by atoms with Crippen LogP contribution in [0.4, 0.5) is 0 Å². The van der Waals surface area contributed by atoms with E-state index in [-0.39, 0.29) is 5.92 Å². The van der Waals surface area contributed by atoms with Gasteiger partial charge in [0.2, 0.25) is 0 Å². The molecule has 0 aromatic rings. The Bertz CT molecular complexity index is 513. The second kappa shape index (κ2) is 4.72. The summed E-state index contributed by atoms with van der Waals surface area (Å²) < 4.78 is 5.90. The first-order valence-corrected chi connectivity index (χ1v) is 8.86. The highest BCUT2D eigenvalue weighted by Gasteiger charge is 2.68. The predicted molar refractivity (Wildman–Crippen MR) is 79.9 cm³/mol. The third-order valence-corrected chi connectivity index (χ3v) is 7.40. The van der Waals surface area contributed by atoms with Gasteiger partial charge in [-0.25, -0.2) is 0 Å². The smallest absolute Gasteiger partial charge is 0.317 e. The van der Waals surface area contributed by atoms with Crippen molar-refractivity contribution in [2.24, 2.45) is 41.4 Å². The van der Waals surface area contributed by atoms with E-state index < -0.39 is 24.0 Å². The maximum Gasteiger partial charge on any atom is 0.317 e. The van der Waals surface area contributed by atoms with Gasteiger partial charge in [-0.2, -0.15) is 0 Å². The van der Waals surface area contributed by atoms with Gasteiger partial charge in [-0.05, 0) is 67.6 Å². The fourth-order valence-corrected chi connectivity index (χ4v) is 6.89. The lowest BCUT2D eigenvalue weighted by molar-refractivity contribution is -0.182. The summed E-state index contributed by atoms with van der Waals surface area (Å²) >= 11 is 0. The number of ether oxygens (including phenoxy) is 1. The van der Waals surface area contributed by atoms with Crippen molar-refractivity contribution in [3.05, 3.63) is 0 Å². The lowest BCUT2D eigenvalue weighted by Gasteiger charge is -2.48. The summed E-state index contributed by atoms with van der Waals surface area (Å²) in [7, 11) is 0. The quantitative estimate of drug-likeness (QED) is 0.492. The van der Waals surface area contributed by atoms with E-state index >= 15 is 0 Å². The van der Waals surface area contributed by atoms with E-state index in [1.165, 1.54) is 25.7 Å². The number of rotatable bonds is 4. The van der Waals surface area contributed by atoms with Crippen LogP contribution >= 0.6 is 0 Å². The van der Waals surface area contributed by atoms with E-state index in [0.29, 0.717) is 11.8 Å². The minimum Gasteiger partial charge on any atom is -0.481 e. The fraction of sp³-hybridized carbons (Fsp3) is 0.889. The van der Waals surface area contributed by atoms with Crippen LogP contribution in [0.2, 0.25) is 0 Å². The highest BCUT2D eigenvalue weighted by Crippen LogP contribution is 2.71. The van der Waals surface area contributed by atoms with Gasteiger partial charge in [0.1, 0.15) is 12.0 Å². The summed E-state index contributed by atoms with van der Waals surface area (Å²) in [5, 5.41) is 8.85. The molecule has 22 heavy (non-hydrogen) atoms. The van der Waals surface area contributed by atoms with Gasteiger partial charge in [-0.3, -0.25) is 9.59 Å². The summed E-state index contributed by atoms with van der Waals surface area (Å²) in [6, 6.07) is 0. The van der Waals surface area contributed by atoms with Gasteiger partial charge in [-0.1, -0.05) is 13.8 Å². The molecule has 4 aliphatic rings. The van der Waals surface area contributed by atoms with Crippen LogP contribution in [-0.2, 0) is 14.3 Å². The normalized spacial score (nSPS) is 48.0. The molecule has 4 nitrogen and oxygen atoms in total. The van der Waals surface area contributed by atoms with Crippen LogP contribution in [0, 0.1) is 41.4 Å². The van der Waals surface area contributed by atoms with Crippen molar-refractivity contribution in [2.75, 3.05) is 0 Å². The average molecular weight is 306 g/mol. The number of carbonyl (C=O) groups excluding carboxylic acids is 1. The van der Waals surface area contributed by atoms with Gasteiger partial charge in [0.15, 0.2) is 0 Å². The highest BCUT2D eigenvalue weighted by atomic mass is 16.6. The average Bonchev–Trinajstić information content (AvgIpc) is 3.15. The summed E-state index contributed by atoms with van der Waals surface area (Å²) in [4.78, 5) is 22.8. The van der Waals surface area contributed by atoms with Gasteiger partial charge < -0.3 is 9.84 Å². The summed E-state index contributed by atoms with van der Waals surface area (Å²) in [6.45, 7) is 4.27. The molecule has 0 aliphatic heterocycles. The van der Waals surface area contributed by atoms with Crippen LogP contribution in [0.5, 0.6) is 0 Å². The van der Waals surface area contributed by atoms with E-state index in [1.807, 2.05) is 0 Å². The zero-order chi connectivity index (χ0) is 15.6. The molecule has 4 heteroatoms. The number of carbonyl (C=O) groups is 2. The fourth-order valence-electron chi connectivity index (χ4n) is 6.89. The van der Waals surface area contributed by atoms with E-state index in [9.17, 15) is 9.59 Å². The number of aliphatic carboxylic acids is 1. The van der Waals surface area contributed by atoms with Crippen molar-refractivity contribution in [3.63, 3.8) is 0 Å². The standard InChI is InChI=1S/C18H26O4/c1-9(2)18(22-15(21)7-14(19)20)8-12-6-13(18)17-11-4-3-10(5-11)16(12)17/h9-13,16-17H,3-8H2,1-2H3,(H,19,20). The third-order valence-electron chi connectivity index (χ3n) is 7.40. The Morgan fingerprint density at radius 3 is 2.45 bits per heavy atom. The number of hydrogen-bond donors (Lipinski definition) is 1. The van der Waals surface area contributed by atoms with Crippen LogP contribution in [0.15, 0.2) is 0 Å². The minimum atomic E-state index is -1.09. The molecule has 0 spiro atoms. The Morgan fingerprint density at radius 2 is 1.82 bits per heavy atom. The van der Waals surface area contributed by atoms with Crippen LogP contribution in [-0.4, -0.2) is 22.6 Å². The van der Waals surface area contributed by atoms with Crippen molar-refractivity contribution in [3.8, 4) is 0 Å². The monoisotopic (exact) mass is 306 g/mol. The highest BCUT2D eigenvalue weighted by molar-refractivity contribution is 5.90. The van der Waals surface area contributed by atoms with Crippen LogP contribution in [0.1, 0.15) is 52.4 Å². The maximum absolute atomic E-state index is 12.0. The van der Waals surface area contributed by atoms with Crippen molar-refractivity contribution in [1.82, 2.24) is 0 Å². The summed E-state index contributed by atoms with van der Waals surface area (Å²) in [5.41, 5.74) is -0.400. The van der Waals surface area contributed by atoms with Crippen molar-refractivity contribution in [2.45, 2.75) is 58.0 Å². The molecule has 4 rings (SSSR count). The van der Waals surface area contributed by atoms with Crippen molar-refractivity contribution in [1.29, 1.82) is 0 Å². The number of hydrogen-bond acceptors (Lipinski definition) is 3.